The summed E-state index contributed by atoms with van der Waals surface area (Å²) in [4.78, 5) is 26.7. The van der Waals surface area contributed by atoms with Crippen LogP contribution in [0.2, 0.25) is 0 Å². The molecule has 1 aromatic carbocycles. The maximum Gasteiger partial charge on any atom is 0.255 e. The third kappa shape index (κ3) is 3.55. The van der Waals surface area contributed by atoms with E-state index in [0.29, 0.717) is 0 Å². The first-order valence-corrected chi connectivity index (χ1v) is 11.7. The lowest BCUT2D eigenvalue weighted by molar-refractivity contribution is 0.0628. The molecule has 0 atom stereocenters. The SMILES string of the molecule is Cc1cc(C(=O)N2CCN(Cc3nc4ccccc4s3)CC2)c(C)n1-c1nccs1. The topological polar surface area (TPSA) is 54.3 Å². The minimum absolute atomic E-state index is 0.116. The molecule has 5 rings (SSSR count). The van der Waals surface area contributed by atoms with Crippen molar-refractivity contribution in [2.45, 2.75) is 20.4 Å². The molecule has 0 bridgehead atoms. The normalized spacial score (nSPS) is 15.2. The van der Waals surface area contributed by atoms with Crippen LogP contribution in [0.5, 0.6) is 0 Å². The van der Waals surface area contributed by atoms with Crippen molar-refractivity contribution in [2.24, 2.45) is 0 Å². The highest BCUT2D eigenvalue weighted by Crippen LogP contribution is 2.25. The number of fused-ring (bicyclic) bond motifs is 1. The van der Waals surface area contributed by atoms with Gasteiger partial charge in [0.1, 0.15) is 5.01 Å². The third-order valence-corrected chi connectivity index (χ3v) is 7.41. The molecule has 1 aliphatic heterocycles. The van der Waals surface area contributed by atoms with E-state index in [2.05, 4.69) is 32.7 Å². The Balaban J connectivity index is 1.25. The second-order valence-corrected chi connectivity index (χ2v) is 9.57. The van der Waals surface area contributed by atoms with Gasteiger partial charge in [-0.3, -0.25) is 14.3 Å². The monoisotopic (exact) mass is 437 g/mol. The number of nitrogens with zero attached hydrogens (tertiary/aromatic N) is 5. The van der Waals surface area contributed by atoms with E-state index in [1.54, 1.807) is 28.9 Å². The Bertz CT molecular complexity index is 1150. The molecule has 8 heteroatoms. The molecule has 0 aliphatic carbocycles. The average molecular weight is 438 g/mol. The number of rotatable bonds is 4. The molecular weight excluding hydrogens is 414 g/mol. The Kier molecular flexibility index (Phi) is 5.14. The summed E-state index contributed by atoms with van der Waals surface area (Å²) in [5.74, 6) is 0.116. The number of thiazole rings is 2. The van der Waals surface area contributed by atoms with Crippen LogP contribution in [0.4, 0.5) is 0 Å². The number of para-hydroxylation sites is 1. The second-order valence-electron chi connectivity index (χ2n) is 7.58. The van der Waals surface area contributed by atoms with E-state index >= 15 is 0 Å². The fourth-order valence-corrected chi connectivity index (χ4v) is 5.82. The second kappa shape index (κ2) is 7.94. The van der Waals surface area contributed by atoms with Gasteiger partial charge in [-0.15, -0.1) is 22.7 Å². The van der Waals surface area contributed by atoms with E-state index in [9.17, 15) is 4.79 Å². The molecule has 1 fully saturated rings. The van der Waals surface area contributed by atoms with E-state index in [1.165, 1.54) is 4.70 Å². The van der Waals surface area contributed by atoms with Crippen molar-refractivity contribution in [2.75, 3.05) is 26.2 Å². The molecule has 0 spiro atoms. The molecule has 0 radical (unpaired) electrons. The minimum atomic E-state index is 0.116. The number of aromatic nitrogens is 3. The largest absolute Gasteiger partial charge is 0.336 e. The fourth-order valence-electron chi connectivity index (χ4n) is 4.06. The Morgan fingerprint density at radius 1 is 1.13 bits per heavy atom. The molecule has 1 saturated heterocycles. The summed E-state index contributed by atoms with van der Waals surface area (Å²) in [6.07, 6.45) is 1.80. The zero-order chi connectivity index (χ0) is 20.7. The molecule has 4 heterocycles. The number of amides is 1. The van der Waals surface area contributed by atoms with Gasteiger partial charge < -0.3 is 4.90 Å². The highest BCUT2D eigenvalue weighted by molar-refractivity contribution is 7.18. The van der Waals surface area contributed by atoms with Crippen molar-refractivity contribution in [1.29, 1.82) is 0 Å². The first kappa shape index (κ1) is 19.4. The number of piperazine rings is 1. The molecule has 30 heavy (non-hydrogen) atoms. The zero-order valence-electron chi connectivity index (χ0n) is 17.0. The fraction of sp³-hybridized carbons (Fsp3) is 0.318. The van der Waals surface area contributed by atoms with Crippen LogP contribution < -0.4 is 0 Å². The summed E-state index contributed by atoms with van der Waals surface area (Å²) < 4.78 is 3.30. The van der Waals surface area contributed by atoms with Gasteiger partial charge in [0.05, 0.1) is 22.3 Å². The van der Waals surface area contributed by atoms with Gasteiger partial charge in [-0.25, -0.2) is 9.97 Å². The smallest absolute Gasteiger partial charge is 0.255 e. The van der Waals surface area contributed by atoms with Gasteiger partial charge in [-0.1, -0.05) is 12.1 Å². The van der Waals surface area contributed by atoms with Crippen LogP contribution in [-0.4, -0.2) is 56.4 Å². The van der Waals surface area contributed by atoms with Gasteiger partial charge >= 0.3 is 0 Å². The lowest BCUT2D eigenvalue weighted by Gasteiger charge is -2.34. The number of benzene rings is 1. The minimum Gasteiger partial charge on any atom is -0.336 e. The standard InChI is InChI=1S/C22H23N5OS2/c1-15-13-17(16(2)27(15)22-23-7-12-29-22)21(28)26-10-8-25(9-11-26)14-20-24-18-5-3-4-6-19(18)30-20/h3-7,12-13H,8-11,14H2,1-2H3. The highest BCUT2D eigenvalue weighted by atomic mass is 32.1. The lowest BCUT2D eigenvalue weighted by atomic mass is 10.2. The van der Waals surface area contributed by atoms with Gasteiger partial charge in [0.25, 0.3) is 5.91 Å². The van der Waals surface area contributed by atoms with Gasteiger partial charge in [-0.2, -0.15) is 0 Å². The van der Waals surface area contributed by atoms with Gasteiger partial charge in [0, 0.05) is 49.1 Å². The lowest BCUT2D eigenvalue weighted by Crippen LogP contribution is -2.48. The summed E-state index contributed by atoms with van der Waals surface area (Å²) in [5.41, 5.74) is 3.86. The average Bonchev–Trinajstić information content (AvgIpc) is 3.47. The number of aryl methyl sites for hydroxylation is 1. The summed E-state index contributed by atoms with van der Waals surface area (Å²) in [6.45, 7) is 8.10. The Hall–Kier alpha value is -2.55. The van der Waals surface area contributed by atoms with Gasteiger partial charge in [0.2, 0.25) is 0 Å². The molecule has 6 nitrogen and oxygen atoms in total. The van der Waals surface area contributed by atoms with E-state index in [4.69, 9.17) is 4.98 Å². The third-order valence-electron chi connectivity index (χ3n) is 5.63. The number of carbonyl (C=O) groups excluding carboxylic acids is 1. The molecule has 0 unspecified atom stereocenters. The molecule has 1 aliphatic rings. The molecule has 0 saturated carbocycles. The zero-order valence-corrected chi connectivity index (χ0v) is 18.7. The van der Waals surface area contributed by atoms with Crippen molar-refractivity contribution >= 4 is 38.8 Å². The first-order chi connectivity index (χ1) is 14.6. The van der Waals surface area contributed by atoms with Gasteiger partial charge in [-0.05, 0) is 32.0 Å². The summed E-state index contributed by atoms with van der Waals surface area (Å²) in [5, 5.41) is 4.01. The Labute approximate surface area is 183 Å². The maximum absolute atomic E-state index is 13.2. The summed E-state index contributed by atoms with van der Waals surface area (Å²) in [7, 11) is 0. The van der Waals surface area contributed by atoms with Crippen molar-refractivity contribution < 1.29 is 4.79 Å². The van der Waals surface area contributed by atoms with E-state index < -0.39 is 0 Å². The predicted molar refractivity (Wildman–Crippen MR) is 122 cm³/mol. The van der Waals surface area contributed by atoms with Crippen LogP contribution in [-0.2, 0) is 6.54 Å². The van der Waals surface area contributed by atoms with Gasteiger partial charge in [0.15, 0.2) is 5.13 Å². The van der Waals surface area contributed by atoms with Crippen molar-refractivity contribution in [1.82, 2.24) is 24.3 Å². The van der Waals surface area contributed by atoms with Crippen LogP contribution in [0.1, 0.15) is 26.8 Å². The van der Waals surface area contributed by atoms with Crippen LogP contribution in [0.3, 0.4) is 0 Å². The molecule has 3 aromatic heterocycles. The van der Waals surface area contributed by atoms with Crippen molar-refractivity contribution in [3.63, 3.8) is 0 Å². The van der Waals surface area contributed by atoms with E-state index in [0.717, 1.165) is 65.3 Å². The van der Waals surface area contributed by atoms with Crippen molar-refractivity contribution in [3.05, 3.63) is 63.9 Å². The molecule has 154 valence electrons. The highest BCUT2D eigenvalue weighted by Gasteiger charge is 2.26. The number of hydrogen-bond donors (Lipinski definition) is 0. The van der Waals surface area contributed by atoms with Crippen LogP contribution in [0.25, 0.3) is 15.3 Å². The maximum atomic E-state index is 13.2. The summed E-state index contributed by atoms with van der Waals surface area (Å²) in [6, 6.07) is 10.3. The summed E-state index contributed by atoms with van der Waals surface area (Å²) >= 11 is 3.34. The van der Waals surface area contributed by atoms with E-state index in [1.807, 2.05) is 36.3 Å². The Morgan fingerprint density at radius 2 is 1.93 bits per heavy atom. The quantitative estimate of drug-likeness (QED) is 0.482. The van der Waals surface area contributed by atoms with Crippen LogP contribution in [0, 0.1) is 13.8 Å². The van der Waals surface area contributed by atoms with Crippen LogP contribution >= 0.6 is 22.7 Å². The predicted octanol–water partition coefficient (Wildman–Crippen LogP) is 4.12. The molecule has 4 aromatic rings. The number of hydrogen-bond acceptors (Lipinski definition) is 6. The molecular formula is C22H23N5OS2. The van der Waals surface area contributed by atoms with Crippen molar-refractivity contribution in [3.8, 4) is 5.13 Å². The first-order valence-electron chi connectivity index (χ1n) is 10.0. The molecule has 0 N–H and O–H groups in total. The number of carbonyl (C=O) groups is 1. The Morgan fingerprint density at radius 3 is 2.67 bits per heavy atom. The molecule has 1 amide bonds. The van der Waals surface area contributed by atoms with Crippen LogP contribution in [0.15, 0.2) is 41.9 Å². The van der Waals surface area contributed by atoms with E-state index in [-0.39, 0.29) is 5.91 Å².